The molecular formula is C19H24Cl2N2. The maximum Gasteiger partial charge on any atom is 0.0406 e. The summed E-state index contributed by atoms with van der Waals surface area (Å²) in [5, 5.41) is 1.53. The quantitative estimate of drug-likeness (QED) is 0.762. The zero-order chi connectivity index (χ0) is 16.9. The van der Waals surface area contributed by atoms with Gasteiger partial charge in [0.1, 0.15) is 0 Å². The normalized spacial score (nSPS) is 11.9. The Morgan fingerprint density at radius 3 is 1.57 bits per heavy atom. The fraction of sp³-hybridized carbons (Fsp3) is 0.368. The summed E-state index contributed by atoms with van der Waals surface area (Å²) in [6.45, 7) is 7.71. The molecule has 23 heavy (non-hydrogen) atoms. The van der Waals surface area contributed by atoms with E-state index in [-0.39, 0.29) is 5.41 Å². The van der Waals surface area contributed by atoms with Crippen LogP contribution in [0.25, 0.3) is 0 Å². The molecule has 0 aliphatic rings. The van der Waals surface area contributed by atoms with Gasteiger partial charge < -0.3 is 5.73 Å². The Balaban J connectivity index is 2.13. The van der Waals surface area contributed by atoms with E-state index >= 15 is 0 Å². The van der Waals surface area contributed by atoms with Crippen molar-refractivity contribution in [1.82, 2.24) is 4.90 Å². The molecule has 0 aliphatic heterocycles. The van der Waals surface area contributed by atoms with Crippen molar-refractivity contribution >= 4 is 23.2 Å². The molecule has 0 saturated carbocycles. The molecule has 2 aromatic carbocycles. The second-order valence-electron chi connectivity index (χ2n) is 6.77. The van der Waals surface area contributed by atoms with Crippen LogP contribution in [0.4, 0.5) is 0 Å². The fourth-order valence-corrected chi connectivity index (χ4v) is 2.79. The van der Waals surface area contributed by atoms with E-state index in [1.54, 1.807) is 0 Å². The molecule has 0 bridgehead atoms. The minimum Gasteiger partial charge on any atom is -0.330 e. The Morgan fingerprint density at radius 2 is 1.22 bits per heavy atom. The summed E-state index contributed by atoms with van der Waals surface area (Å²) in [5.74, 6) is 0. The molecule has 0 radical (unpaired) electrons. The average Bonchev–Trinajstić information content (AvgIpc) is 2.51. The molecule has 0 aliphatic carbocycles. The molecule has 0 atom stereocenters. The molecule has 0 spiro atoms. The molecule has 2 nitrogen and oxygen atoms in total. The SMILES string of the molecule is CC(C)(CN)CN(Cc1ccc(Cl)cc1)Cc1ccc(Cl)cc1. The summed E-state index contributed by atoms with van der Waals surface area (Å²) in [5.41, 5.74) is 8.48. The van der Waals surface area contributed by atoms with Gasteiger partial charge in [-0.15, -0.1) is 0 Å². The van der Waals surface area contributed by atoms with E-state index in [1.165, 1.54) is 11.1 Å². The van der Waals surface area contributed by atoms with Crippen molar-refractivity contribution < 1.29 is 0 Å². The minimum atomic E-state index is 0.0683. The molecule has 4 heteroatoms. The number of nitrogens with two attached hydrogens (primary N) is 1. The van der Waals surface area contributed by atoms with Crippen molar-refractivity contribution in [3.05, 3.63) is 69.7 Å². The van der Waals surface area contributed by atoms with E-state index in [0.29, 0.717) is 6.54 Å². The van der Waals surface area contributed by atoms with Gasteiger partial charge in [0, 0.05) is 29.7 Å². The van der Waals surface area contributed by atoms with E-state index in [0.717, 1.165) is 29.7 Å². The summed E-state index contributed by atoms with van der Waals surface area (Å²) < 4.78 is 0. The van der Waals surface area contributed by atoms with Crippen LogP contribution in [-0.2, 0) is 13.1 Å². The van der Waals surface area contributed by atoms with E-state index in [9.17, 15) is 0 Å². The second-order valence-corrected chi connectivity index (χ2v) is 7.64. The molecule has 2 aromatic rings. The van der Waals surface area contributed by atoms with Gasteiger partial charge in [-0.3, -0.25) is 4.90 Å². The smallest absolute Gasteiger partial charge is 0.0406 e. The number of nitrogens with zero attached hydrogens (tertiary/aromatic N) is 1. The van der Waals surface area contributed by atoms with Crippen LogP contribution in [0.5, 0.6) is 0 Å². The molecular weight excluding hydrogens is 327 g/mol. The van der Waals surface area contributed by atoms with Gasteiger partial charge in [0.15, 0.2) is 0 Å². The van der Waals surface area contributed by atoms with E-state index in [2.05, 4.69) is 43.0 Å². The number of hydrogen-bond donors (Lipinski definition) is 1. The Kier molecular flexibility index (Phi) is 6.49. The summed E-state index contributed by atoms with van der Waals surface area (Å²) in [7, 11) is 0. The Labute approximate surface area is 149 Å². The Hall–Kier alpha value is -1.06. The molecule has 0 unspecified atom stereocenters. The van der Waals surface area contributed by atoms with E-state index in [1.807, 2.05) is 24.3 Å². The number of hydrogen-bond acceptors (Lipinski definition) is 2. The van der Waals surface area contributed by atoms with Crippen molar-refractivity contribution in [3.8, 4) is 0 Å². The zero-order valence-corrected chi connectivity index (χ0v) is 15.2. The first-order valence-corrected chi connectivity index (χ1v) is 8.55. The van der Waals surface area contributed by atoms with Crippen LogP contribution in [0.3, 0.4) is 0 Å². The Bertz CT molecular complexity index is 559. The van der Waals surface area contributed by atoms with Crippen molar-refractivity contribution in [2.24, 2.45) is 11.1 Å². The van der Waals surface area contributed by atoms with Gasteiger partial charge in [0.25, 0.3) is 0 Å². The van der Waals surface area contributed by atoms with Crippen molar-refractivity contribution in [3.63, 3.8) is 0 Å². The predicted molar refractivity (Wildman–Crippen MR) is 99.9 cm³/mol. The first-order valence-electron chi connectivity index (χ1n) is 7.79. The molecule has 0 heterocycles. The minimum absolute atomic E-state index is 0.0683. The van der Waals surface area contributed by atoms with E-state index < -0.39 is 0 Å². The predicted octanol–water partition coefficient (Wildman–Crippen LogP) is 4.98. The van der Waals surface area contributed by atoms with Crippen LogP contribution in [0.15, 0.2) is 48.5 Å². The third-order valence-electron chi connectivity index (χ3n) is 3.84. The first-order chi connectivity index (χ1) is 10.9. The molecule has 124 valence electrons. The maximum atomic E-state index is 5.98. The summed E-state index contributed by atoms with van der Waals surface area (Å²) in [4.78, 5) is 2.42. The number of benzene rings is 2. The van der Waals surface area contributed by atoms with Gasteiger partial charge in [-0.05, 0) is 47.4 Å². The molecule has 2 N–H and O–H groups in total. The lowest BCUT2D eigenvalue weighted by Gasteiger charge is -2.32. The molecule has 0 saturated heterocycles. The van der Waals surface area contributed by atoms with Gasteiger partial charge in [-0.25, -0.2) is 0 Å². The first kappa shape index (κ1) is 18.3. The third-order valence-corrected chi connectivity index (χ3v) is 4.35. The highest BCUT2D eigenvalue weighted by Crippen LogP contribution is 2.21. The van der Waals surface area contributed by atoms with Crippen LogP contribution in [0.2, 0.25) is 10.0 Å². The van der Waals surface area contributed by atoms with Crippen LogP contribution < -0.4 is 5.73 Å². The van der Waals surface area contributed by atoms with E-state index in [4.69, 9.17) is 28.9 Å². The third kappa shape index (κ3) is 6.15. The van der Waals surface area contributed by atoms with Gasteiger partial charge in [0.05, 0.1) is 0 Å². The van der Waals surface area contributed by atoms with Gasteiger partial charge >= 0.3 is 0 Å². The van der Waals surface area contributed by atoms with Gasteiger partial charge in [-0.1, -0.05) is 61.3 Å². The van der Waals surface area contributed by atoms with Crippen molar-refractivity contribution in [2.45, 2.75) is 26.9 Å². The lowest BCUT2D eigenvalue weighted by Crippen LogP contribution is -2.38. The van der Waals surface area contributed by atoms with Crippen molar-refractivity contribution in [2.75, 3.05) is 13.1 Å². The summed E-state index contributed by atoms with van der Waals surface area (Å²) in [6, 6.07) is 16.0. The standard InChI is InChI=1S/C19H24Cl2N2/c1-19(2,13-22)14-23(11-15-3-7-17(20)8-4-15)12-16-5-9-18(21)10-6-16/h3-10H,11-14,22H2,1-2H3. The molecule has 0 amide bonds. The Morgan fingerprint density at radius 1 is 0.826 bits per heavy atom. The summed E-state index contributed by atoms with van der Waals surface area (Å²) >= 11 is 12.0. The lowest BCUT2D eigenvalue weighted by molar-refractivity contribution is 0.168. The zero-order valence-electron chi connectivity index (χ0n) is 13.7. The monoisotopic (exact) mass is 350 g/mol. The maximum absolute atomic E-state index is 5.98. The number of halogens is 2. The fourth-order valence-electron chi connectivity index (χ4n) is 2.53. The second kappa shape index (κ2) is 8.16. The van der Waals surface area contributed by atoms with Crippen LogP contribution in [0, 0.1) is 5.41 Å². The van der Waals surface area contributed by atoms with Gasteiger partial charge in [-0.2, -0.15) is 0 Å². The highest BCUT2D eigenvalue weighted by Gasteiger charge is 2.20. The molecule has 2 rings (SSSR count). The average molecular weight is 351 g/mol. The van der Waals surface area contributed by atoms with Crippen molar-refractivity contribution in [1.29, 1.82) is 0 Å². The summed E-state index contributed by atoms with van der Waals surface area (Å²) in [6.07, 6.45) is 0. The molecule has 0 aromatic heterocycles. The molecule has 0 fully saturated rings. The van der Waals surface area contributed by atoms with Crippen LogP contribution in [-0.4, -0.2) is 18.0 Å². The van der Waals surface area contributed by atoms with Crippen LogP contribution >= 0.6 is 23.2 Å². The van der Waals surface area contributed by atoms with Gasteiger partial charge in [0.2, 0.25) is 0 Å². The highest BCUT2D eigenvalue weighted by molar-refractivity contribution is 6.30. The topological polar surface area (TPSA) is 29.3 Å². The lowest BCUT2D eigenvalue weighted by atomic mass is 9.92. The van der Waals surface area contributed by atoms with Crippen LogP contribution in [0.1, 0.15) is 25.0 Å². The highest BCUT2D eigenvalue weighted by atomic mass is 35.5. The largest absolute Gasteiger partial charge is 0.330 e. The number of rotatable bonds is 7.